The Balaban J connectivity index is 1.73. The third kappa shape index (κ3) is 1.51. The van der Waals surface area contributed by atoms with E-state index in [4.69, 9.17) is 0 Å². The fraction of sp³-hybridized carbons (Fsp3) is 1.00. The first-order valence-corrected chi connectivity index (χ1v) is 4.57. The molecule has 0 spiro atoms. The fourth-order valence-corrected chi connectivity index (χ4v) is 1.76. The molecule has 0 aromatic heterocycles. The topological polar surface area (TPSA) is 12.0 Å². The maximum Gasteiger partial charge on any atom is 0.00949 e. The highest BCUT2D eigenvalue weighted by atomic mass is 14.9. The minimum Gasteiger partial charge on any atom is -0.317 e. The van der Waals surface area contributed by atoms with Gasteiger partial charge >= 0.3 is 0 Å². The summed E-state index contributed by atoms with van der Waals surface area (Å²) in [5, 5.41) is 3.44. The number of hydrogen-bond acceptors (Lipinski definition) is 1. The van der Waals surface area contributed by atoms with Gasteiger partial charge in [-0.1, -0.05) is 12.8 Å². The van der Waals surface area contributed by atoms with Crippen LogP contribution in [0, 0.1) is 11.8 Å². The van der Waals surface area contributed by atoms with Crippen LogP contribution in [-0.4, -0.2) is 13.1 Å². The van der Waals surface area contributed by atoms with Gasteiger partial charge in [-0.05, 0) is 38.1 Å². The van der Waals surface area contributed by atoms with E-state index in [1.54, 1.807) is 0 Å². The van der Waals surface area contributed by atoms with Gasteiger partial charge in [-0.3, -0.25) is 0 Å². The van der Waals surface area contributed by atoms with E-state index in [1.807, 2.05) is 0 Å². The molecule has 0 aliphatic heterocycles. The summed E-state index contributed by atoms with van der Waals surface area (Å²) in [5.41, 5.74) is 0. The standard InChI is InChI=1S/C9H17N/c1-10-9(8-4-5-8)6-7-2-3-7/h7-10H,2-6H2,1H3. The van der Waals surface area contributed by atoms with Crippen LogP contribution in [0.4, 0.5) is 0 Å². The summed E-state index contributed by atoms with van der Waals surface area (Å²) in [7, 11) is 2.12. The molecule has 1 atom stereocenters. The first-order valence-electron chi connectivity index (χ1n) is 4.57. The lowest BCUT2D eigenvalue weighted by Gasteiger charge is -2.13. The molecule has 0 saturated heterocycles. The predicted octanol–water partition coefficient (Wildman–Crippen LogP) is 1.78. The third-order valence-electron chi connectivity index (χ3n) is 2.85. The van der Waals surface area contributed by atoms with E-state index in [2.05, 4.69) is 12.4 Å². The second-order valence-electron chi connectivity index (χ2n) is 3.91. The van der Waals surface area contributed by atoms with E-state index in [-0.39, 0.29) is 0 Å². The molecule has 10 heavy (non-hydrogen) atoms. The molecule has 0 bridgehead atoms. The maximum atomic E-state index is 3.44. The van der Waals surface area contributed by atoms with E-state index in [9.17, 15) is 0 Å². The zero-order chi connectivity index (χ0) is 6.97. The average molecular weight is 139 g/mol. The van der Waals surface area contributed by atoms with Gasteiger partial charge in [0, 0.05) is 6.04 Å². The van der Waals surface area contributed by atoms with Crippen LogP contribution in [0.3, 0.4) is 0 Å². The summed E-state index contributed by atoms with van der Waals surface area (Å²) >= 11 is 0. The molecule has 58 valence electrons. The molecule has 0 amide bonds. The second-order valence-corrected chi connectivity index (χ2v) is 3.91. The monoisotopic (exact) mass is 139 g/mol. The lowest BCUT2D eigenvalue weighted by Crippen LogP contribution is -2.27. The minimum absolute atomic E-state index is 0.868. The molecular formula is C9H17N. The Morgan fingerprint density at radius 1 is 1.30 bits per heavy atom. The van der Waals surface area contributed by atoms with Crippen LogP contribution in [0.1, 0.15) is 32.1 Å². The highest BCUT2D eigenvalue weighted by Crippen LogP contribution is 2.40. The Kier molecular flexibility index (Phi) is 1.69. The van der Waals surface area contributed by atoms with Crippen LogP contribution in [0.15, 0.2) is 0 Å². The van der Waals surface area contributed by atoms with Crippen LogP contribution in [0.5, 0.6) is 0 Å². The summed E-state index contributed by atoms with van der Waals surface area (Å²) in [4.78, 5) is 0. The zero-order valence-corrected chi connectivity index (χ0v) is 6.77. The lowest BCUT2D eigenvalue weighted by molar-refractivity contribution is 0.446. The van der Waals surface area contributed by atoms with Crippen LogP contribution < -0.4 is 5.32 Å². The third-order valence-corrected chi connectivity index (χ3v) is 2.85. The predicted molar refractivity (Wildman–Crippen MR) is 42.9 cm³/mol. The second kappa shape index (κ2) is 2.54. The molecule has 1 nitrogen and oxygen atoms in total. The smallest absolute Gasteiger partial charge is 0.00949 e. The van der Waals surface area contributed by atoms with Crippen molar-refractivity contribution in [3.05, 3.63) is 0 Å². The van der Waals surface area contributed by atoms with Crippen molar-refractivity contribution in [1.82, 2.24) is 5.32 Å². The van der Waals surface area contributed by atoms with Gasteiger partial charge in [-0.2, -0.15) is 0 Å². The van der Waals surface area contributed by atoms with E-state index in [1.165, 1.54) is 32.1 Å². The van der Waals surface area contributed by atoms with E-state index in [0.29, 0.717) is 0 Å². The van der Waals surface area contributed by atoms with E-state index in [0.717, 1.165) is 17.9 Å². The first-order chi connectivity index (χ1) is 4.90. The molecule has 2 fully saturated rings. The SMILES string of the molecule is CNC(CC1CC1)C1CC1. The van der Waals surface area contributed by atoms with E-state index < -0.39 is 0 Å². The molecule has 0 radical (unpaired) electrons. The Morgan fingerprint density at radius 2 is 2.00 bits per heavy atom. The van der Waals surface area contributed by atoms with Crippen molar-refractivity contribution >= 4 is 0 Å². The molecular weight excluding hydrogens is 122 g/mol. The van der Waals surface area contributed by atoms with Crippen molar-refractivity contribution in [2.75, 3.05) is 7.05 Å². The molecule has 0 aromatic carbocycles. The van der Waals surface area contributed by atoms with Gasteiger partial charge in [0.25, 0.3) is 0 Å². The van der Waals surface area contributed by atoms with Gasteiger partial charge in [-0.25, -0.2) is 0 Å². The molecule has 2 aliphatic rings. The number of hydrogen-bond donors (Lipinski definition) is 1. The summed E-state index contributed by atoms with van der Waals surface area (Å²) in [6, 6.07) is 0.868. The summed E-state index contributed by atoms with van der Waals surface area (Å²) in [6.07, 6.45) is 7.44. The van der Waals surface area contributed by atoms with Crippen molar-refractivity contribution in [2.45, 2.75) is 38.1 Å². The van der Waals surface area contributed by atoms with Gasteiger partial charge < -0.3 is 5.32 Å². The van der Waals surface area contributed by atoms with Gasteiger partial charge in [0.05, 0.1) is 0 Å². The molecule has 0 heterocycles. The van der Waals surface area contributed by atoms with Crippen LogP contribution in [0.25, 0.3) is 0 Å². The van der Waals surface area contributed by atoms with E-state index >= 15 is 0 Å². The molecule has 2 rings (SSSR count). The van der Waals surface area contributed by atoms with Gasteiger partial charge in [0.1, 0.15) is 0 Å². The summed E-state index contributed by atoms with van der Waals surface area (Å²) in [5.74, 6) is 2.14. The molecule has 2 saturated carbocycles. The maximum absolute atomic E-state index is 3.44. The van der Waals surface area contributed by atoms with Crippen molar-refractivity contribution < 1.29 is 0 Å². The van der Waals surface area contributed by atoms with Crippen LogP contribution >= 0.6 is 0 Å². The normalized spacial score (nSPS) is 28.5. The minimum atomic E-state index is 0.868. The average Bonchev–Trinajstić information content (AvgIpc) is 2.76. The number of nitrogens with one attached hydrogen (secondary N) is 1. The Labute approximate surface area is 63.2 Å². The first kappa shape index (κ1) is 6.66. The Morgan fingerprint density at radius 3 is 2.40 bits per heavy atom. The summed E-state index contributed by atoms with van der Waals surface area (Å²) < 4.78 is 0. The number of rotatable bonds is 4. The molecule has 2 aliphatic carbocycles. The van der Waals surface area contributed by atoms with Gasteiger partial charge in [-0.15, -0.1) is 0 Å². The van der Waals surface area contributed by atoms with Gasteiger partial charge in [0.2, 0.25) is 0 Å². The lowest BCUT2D eigenvalue weighted by atomic mass is 10.1. The van der Waals surface area contributed by atoms with Crippen molar-refractivity contribution in [3.63, 3.8) is 0 Å². The van der Waals surface area contributed by atoms with Crippen molar-refractivity contribution in [1.29, 1.82) is 0 Å². The largest absolute Gasteiger partial charge is 0.317 e. The molecule has 1 N–H and O–H groups in total. The Hall–Kier alpha value is -0.0400. The highest BCUT2D eigenvalue weighted by molar-refractivity contribution is 4.89. The fourth-order valence-electron chi connectivity index (χ4n) is 1.76. The quantitative estimate of drug-likeness (QED) is 0.626. The zero-order valence-electron chi connectivity index (χ0n) is 6.77. The molecule has 1 unspecified atom stereocenters. The van der Waals surface area contributed by atoms with Gasteiger partial charge in [0.15, 0.2) is 0 Å². The molecule has 1 heteroatoms. The van der Waals surface area contributed by atoms with Crippen LogP contribution in [0.2, 0.25) is 0 Å². The summed E-state index contributed by atoms with van der Waals surface area (Å²) in [6.45, 7) is 0. The Bertz CT molecular complexity index is 114. The van der Waals surface area contributed by atoms with Crippen molar-refractivity contribution in [2.24, 2.45) is 11.8 Å². The molecule has 0 aromatic rings. The van der Waals surface area contributed by atoms with Crippen molar-refractivity contribution in [3.8, 4) is 0 Å². The van der Waals surface area contributed by atoms with Crippen LogP contribution in [-0.2, 0) is 0 Å². The highest BCUT2D eigenvalue weighted by Gasteiger charge is 2.34.